The van der Waals surface area contributed by atoms with Crippen LogP contribution >= 0.6 is 0 Å². The van der Waals surface area contributed by atoms with Crippen molar-refractivity contribution < 1.29 is 19.1 Å². The number of ketones is 1. The summed E-state index contributed by atoms with van der Waals surface area (Å²) in [6.07, 6.45) is 0.763. The number of carbonyl (C=O) groups excluding carboxylic acids is 2. The van der Waals surface area contributed by atoms with E-state index in [1.165, 1.54) is 0 Å². The summed E-state index contributed by atoms with van der Waals surface area (Å²) in [4.78, 5) is 23.4. The van der Waals surface area contributed by atoms with Crippen molar-refractivity contribution in [1.82, 2.24) is 0 Å². The minimum atomic E-state index is -0.198. The van der Waals surface area contributed by atoms with E-state index < -0.39 is 0 Å². The van der Waals surface area contributed by atoms with Crippen LogP contribution in [0, 0.1) is 5.92 Å². The molecule has 0 aromatic heterocycles. The summed E-state index contributed by atoms with van der Waals surface area (Å²) in [6.45, 7) is 1.15. The van der Waals surface area contributed by atoms with Gasteiger partial charge in [0.25, 0.3) is 5.91 Å². The molecule has 1 saturated heterocycles. The monoisotopic (exact) mass is 247 g/mol. The van der Waals surface area contributed by atoms with Crippen molar-refractivity contribution in [2.45, 2.75) is 6.42 Å². The molecule has 0 bridgehead atoms. The Morgan fingerprint density at radius 3 is 3.06 bits per heavy atom. The summed E-state index contributed by atoms with van der Waals surface area (Å²) >= 11 is 0. The summed E-state index contributed by atoms with van der Waals surface area (Å²) in [5.41, 5.74) is 1.16. The minimum absolute atomic E-state index is 0.0246. The highest BCUT2D eigenvalue weighted by atomic mass is 16.5. The zero-order chi connectivity index (χ0) is 12.5. The third-order valence-corrected chi connectivity index (χ3v) is 3.20. The van der Waals surface area contributed by atoms with E-state index >= 15 is 0 Å². The molecular formula is C13H13NO4. The smallest absolute Gasteiger partial charge is 0.262 e. The maximum Gasteiger partial charge on any atom is 0.262 e. The highest BCUT2D eigenvalue weighted by Crippen LogP contribution is 2.30. The van der Waals surface area contributed by atoms with Gasteiger partial charge >= 0.3 is 0 Å². The second-order valence-electron chi connectivity index (χ2n) is 4.47. The number of rotatable bonds is 2. The molecule has 1 unspecified atom stereocenters. The number of ether oxygens (including phenoxy) is 2. The van der Waals surface area contributed by atoms with E-state index in [4.69, 9.17) is 9.47 Å². The van der Waals surface area contributed by atoms with E-state index in [0.29, 0.717) is 30.2 Å². The molecule has 94 valence electrons. The number of Topliss-reactive ketones (excluding diaryl/α,β-unsaturated/α-hetero) is 1. The molecule has 1 amide bonds. The van der Waals surface area contributed by atoms with Gasteiger partial charge < -0.3 is 14.8 Å². The lowest BCUT2D eigenvalue weighted by molar-refractivity contribution is -0.118. The lowest BCUT2D eigenvalue weighted by Crippen LogP contribution is -2.25. The van der Waals surface area contributed by atoms with Gasteiger partial charge in [0, 0.05) is 18.1 Å². The predicted octanol–water partition coefficient (Wildman–Crippen LogP) is 1.24. The maximum absolute atomic E-state index is 12.2. The van der Waals surface area contributed by atoms with Gasteiger partial charge in [0.2, 0.25) is 0 Å². The number of hydrogen-bond acceptors (Lipinski definition) is 4. The summed E-state index contributed by atoms with van der Waals surface area (Å²) in [5, 5.41) is 2.70. The Morgan fingerprint density at radius 1 is 1.39 bits per heavy atom. The number of anilines is 1. The van der Waals surface area contributed by atoms with Crippen LogP contribution in [0.25, 0.3) is 0 Å². The Hall–Kier alpha value is -1.88. The molecule has 5 nitrogen and oxygen atoms in total. The SMILES string of the molecule is O=C1COc2ccc(C(=O)C3CCOC3)cc2N1. The summed E-state index contributed by atoms with van der Waals surface area (Å²) in [5.74, 6) is 0.406. The van der Waals surface area contributed by atoms with Gasteiger partial charge in [0.15, 0.2) is 12.4 Å². The zero-order valence-electron chi connectivity index (χ0n) is 9.77. The van der Waals surface area contributed by atoms with Gasteiger partial charge in [-0.1, -0.05) is 0 Å². The highest BCUT2D eigenvalue weighted by molar-refractivity contribution is 6.01. The van der Waals surface area contributed by atoms with E-state index in [2.05, 4.69) is 5.32 Å². The van der Waals surface area contributed by atoms with Crippen LogP contribution in [0.5, 0.6) is 5.75 Å². The van der Waals surface area contributed by atoms with E-state index in [1.807, 2.05) is 0 Å². The third kappa shape index (κ3) is 1.97. The number of amides is 1. The van der Waals surface area contributed by atoms with Crippen LogP contribution in [0.4, 0.5) is 5.69 Å². The molecule has 2 aliphatic heterocycles. The van der Waals surface area contributed by atoms with Crippen molar-refractivity contribution in [3.8, 4) is 5.75 Å². The molecule has 0 saturated carbocycles. The van der Waals surface area contributed by atoms with Crippen molar-refractivity contribution in [1.29, 1.82) is 0 Å². The van der Waals surface area contributed by atoms with Crippen LogP contribution < -0.4 is 10.1 Å². The van der Waals surface area contributed by atoms with Crippen molar-refractivity contribution >= 4 is 17.4 Å². The standard InChI is InChI=1S/C13H13NO4/c15-12-7-18-11-2-1-8(5-10(11)14-12)13(16)9-3-4-17-6-9/h1-2,5,9H,3-4,6-7H2,(H,14,15). The molecule has 18 heavy (non-hydrogen) atoms. The lowest BCUT2D eigenvalue weighted by atomic mass is 9.96. The molecule has 3 rings (SSSR count). The number of fused-ring (bicyclic) bond motifs is 1. The molecule has 1 aromatic rings. The zero-order valence-corrected chi connectivity index (χ0v) is 9.77. The Morgan fingerprint density at radius 2 is 2.28 bits per heavy atom. The second-order valence-corrected chi connectivity index (χ2v) is 4.47. The molecule has 2 heterocycles. The molecular weight excluding hydrogens is 234 g/mol. The number of benzene rings is 1. The number of carbonyl (C=O) groups is 2. The molecule has 5 heteroatoms. The molecule has 1 N–H and O–H groups in total. The third-order valence-electron chi connectivity index (χ3n) is 3.20. The van der Waals surface area contributed by atoms with Crippen LogP contribution in [0.3, 0.4) is 0 Å². The van der Waals surface area contributed by atoms with Crippen LogP contribution in [0.1, 0.15) is 16.8 Å². The normalized spacial score (nSPS) is 22.0. The Balaban J connectivity index is 1.87. The Kier molecular flexibility index (Phi) is 2.76. The van der Waals surface area contributed by atoms with E-state index in [0.717, 1.165) is 6.42 Å². The average molecular weight is 247 g/mol. The minimum Gasteiger partial charge on any atom is -0.482 e. The molecule has 0 aliphatic carbocycles. The van der Waals surface area contributed by atoms with Crippen molar-refractivity contribution in [3.05, 3.63) is 23.8 Å². The molecule has 1 atom stereocenters. The van der Waals surface area contributed by atoms with Gasteiger partial charge in [0.1, 0.15) is 5.75 Å². The fraction of sp³-hybridized carbons (Fsp3) is 0.385. The molecule has 2 aliphatic rings. The second kappa shape index (κ2) is 4.42. The molecule has 1 aromatic carbocycles. The fourth-order valence-electron chi connectivity index (χ4n) is 2.21. The van der Waals surface area contributed by atoms with Gasteiger partial charge in [-0.25, -0.2) is 0 Å². The van der Waals surface area contributed by atoms with Crippen LogP contribution in [-0.4, -0.2) is 31.5 Å². The summed E-state index contributed by atoms with van der Waals surface area (Å²) in [6, 6.07) is 5.13. The lowest BCUT2D eigenvalue weighted by Gasteiger charge is -2.18. The fourth-order valence-corrected chi connectivity index (χ4v) is 2.21. The maximum atomic E-state index is 12.2. The van der Waals surface area contributed by atoms with Crippen LogP contribution in [-0.2, 0) is 9.53 Å². The topological polar surface area (TPSA) is 64.6 Å². The average Bonchev–Trinajstić information content (AvgIpc) is 2.90. The number of nitrogens with one attached hydrogen (secondary N) is 1. The first kappa shape index (κ1) is 11.2. The van der Waals surface area contributed by atoms with Gasteiger partial charge in [-0.2, -0.15) is 0 Å². The van der Waals surface area contributed by atoms with Crippen LogP contribution in [0.2, 0.25) is 0 Å². The quantitative estimate of drug-likeness (QED) is 0.798. The Bertz CT molecular complexity index is 506. The highest BCUT2D eigenvalue weighted by Gasteiger charge is 2.26. The number of hydrogen-bond donors (Lipinski definition) is 1. The summed E-state index contributed by atoms with van der Waals surface area (Å²) in [7, 11) is 0. The van der Waals surface area contributed by atoms with Crippen molar-refractivity contribution in [2.24, 2.45) is 5.92 Å². The predicted molar refractivity (Wildman–Crippen MR) is 63.8 cm³/mol. The van der Waals surface area contributed by atoms with Crippen molar-refractivity contribution in [2.75, 3.05) is 25.1 Å². The first-order chi connectivity index (χ1) is 8.74. The molecule has 0 radical (unpaired) electrons. The van der Waals surface area contributed by atoms with Gasteiger partial charge in [-0.15, -0.1) is 0 Å². The molecule has 0 spiro atoms. The van der Waals surface area contributed by atoms with Crippen LogP contribution in [0.15, 0.2) is 18.2 Å². The van der Waals surface area contributed by atoms with E-state index in [1.54, 1.807) is 18.2 Å². The van der Waals surface area contributed by atoms with Crippen molar-refractivity contribution in [3.63, 3.8) is 0 Å². The van der Waals surface area contributed by atoms with Gasteiger partial charge in [-0.05, 0) is 24.6 Å². The Labute approximate surface area is 104 Å². The van der Waals surface area contributed by atoms with Gasteiger partial charge in [0.05, 0.1) is 12.3 Å². The first-order valence-corrected chi connectivity index (χ1v) is 5.93. The molecule has 1 fully saturated rings. The largest absolute Gasteiger partial charge is 0.482 e. The van der Waals surface area contributed by atoms with E-state index in [9.17, 15) is 9.59 Å². The van der Waals surface area contributed by atoms with Gasteiger partial charge in [-0.3, -0.25) is 9.59 Å². The summed E-state index contributed by atoms with van der Waals surface area (Å²) < 4.78 is 10.5. The van der Waals surface area contributed by atoms with E-state index in [-0.39, 0.29) is 24.2 Å². The first-order valence-electron chi connectivity index (χ1n) is 5.93.